The second-order valence-electron chi connectivity index (χ2n) is 6.40. The summed E-state index contributed by atoms with van der Waals surface area (Å²) in [5.41, 5.74) is 2.52. The van der Waals surface area contributed by atoms with E-state index in [1.165, 1.54) is 12.1 Å². The topological polar surface area (TPSA) is 54.2 Å². The fourth-order valence-corrected chi connectivity index (χ4v) is 2.88. The van der Waals surface area contributed by atoms with Crippen molar-refractivity contribution in [3.05, 3.63) is 83.7 Å². The number of hydrogen-bond donors (Lipinski definition) is 2. The molecule has 0 aliphatic rings. The average Bonchev–Trinajstić information content (AvgIpc) is 3.23. The number of aromatic nitrogens is 2. The lowest BCUT2D eigenvalue weighted by Gasteiger charge is -2.19. The largest absolute Gasteiger partial charge is 0.356 e. The van der Waals surface area contributed by atoms with Crippen LogP contribution in [0.4, 0.5) is 8.78 Å². The maximum absolute atomic E-state index is 13.7. The Hall–Kier alpha value is -3.22. The Morgan fingerprint density at radius 3 is 2.75 bits per heavy atom. The van der Waals surface area contributed by atoms with Crippen LogP contribution in [0.1, 0.15) is 24.1 Å². The monoisotopic (exact) mass is 383 g/mol. The van der Waals surface area contributed by atoms with E-state index in [0.29, 0.717) is 24.5 Å². The summed E-state index contributed by atoms with van der Waals surface area (Å²) in [7, 11) is 1.68. The van der Waals surface area contributed by atoms with E-state index >= 15 is 0 Å². The van der Waals surface area contributed by atoms with E-state index < -0.39 is 11.6 Å². The van der Waals surface area contributed by atoms with E-state index in [1.54, 1.807) is 17.9 Å². The number of guanidine groups is 1. The van der Waals surface area contributed by atoms with Gasteiger partial charge in [0.25, 0.3) is 0 Å². The molecule has 7 heteroatoms. The van der Waals surface area contributed by atoms with E-state index in [2.05, 4.69) is 26.8 Å². The van der Waals surface area contributed by atoms with Crippen LogP contribution in [0.2, 0.25) is 0 Å². The Morgan fingerprint density at radius 2 is 2.04 bits per heavy atom. The first-order valence-electron chi connectivity index (χ1n) is 9.08. The normalized spacial score (nSPS) is 12.6. The number of hydrogen-bond acceptors (Lipinski definition) is 2. The van der Waals surface area contributed by atoms with Gasteiger partial charge < -0.3 is 10.6 Å². The molecule has 0 radical (unpaired) electrons. The minimum Gasteiger partial charge on any atom is -0.356 e. The van der Waals surface area contributed by atoms with Crippen LogP contribution in [0.5, 0.6) is 0 Å². The van der Waals surface area contributed by atoms with Crippen LogP contribution in [0.25, 0.3) is 5.69 Å². The van der Waals surface area contributed by atoms with Crippen molar-refractivity contribution in [2.75, 3.05) is 13.6 Å². The quantitative estimate of drug-likeness (QED) is 0.505. The summed E-state index contributed by atoms with van der Waals surface area (Å²) in [5, 5.41) is 10.7. The molecule has 1 unspecified atom stereocenters. The van der Waals surface area contributed by atoms with Gasteiger partial charge in [-0.05, 0) is 48.7 Å². The van der Waals surface area contributed by atoms with Gasteiger partial charge >= 0.3 is 0 Å². The Labute approximate surface area is 163 Å². The highest BCUT2D eigenvalue weighted by Crippen LogP contribution is 2.16. The van der Waals surface area contributed by atoms with Gasteiger partial charge in [-0.15, -0.1) is 0 Å². The van der Waals surface area contributed by atoms with Gasteiger partial charge in [-0.25, -0.2) is 13.5 Å². The van der Waals surface area contributed by atoms with Crippen molar-refractivity contribution in [3.8, 4) is 5.69 Å². The molecule has 1 aromatic heterocycles. The number of nitrogens with zero attached hydrogens (tertiary/aromatic N) is 3. The van der Waals surface area contributed by atoms with Crippen molar-refractivity contribution in [3.63, 3.8) is 0 Å². The third kappa shape index (κ3) is 4.94. The van der Waals surface area contributed by atoms with Crippen LogP contribution in [-0.4, -0.2) is 29.3 Å². The zero-order valence-corrected chi connectivity index (χ0v) is 15.9. The number of nitrogens with one attached hydrogen (secondary N) is 2. The molecule has 0 fully saturated rings. The van der Waals surface area contributed by atoms with Crippen LogP contribution in [0.3, 0.4) is 0 Å². The SMILES string of the molecule is CN=C(NCCc1ccc(F)cc1F)NC(C)c1cccc(-n2cccn2)c1. The van der Waals surface area contributed by atoms with Crippen molar-refractivity contribution < 1.29 is 8.78 Å². The van der Waals surface area contributed by atoms with Crippen LogP contribution >= 0.6 is 0 Å². The summed E-state index contributed by atoms with van der Waals surface area (Å²) in [4.78, 5) is 4.22. The summed E-state index contributed by atoms with van der Waals surface area (Å²) in [6.45, 7) is 2.51. The van der Waals surface area contributed by atoms with Crippen LogP contribution in [-0.2, 0) is 6.42 Å². The molecule has 3 aromatic rings. The molecule has 0 bridgehead atoms. The Balaban J connectivity index is 1.58. The highest BCUT2D eigenvalue weighted by atomic mass is 19.1. The first kappa shape index (κ1) is 19.5. The van der Waals surface area contributed by atoms with E-state index in [9.17, 15) is 8.78 Å². The molecule has 0 amide bonds. The van der Waals surface area contributed by atoms with Crippen molar-refractivity contribution in [1.82, 2.24) is 20.4 Å². The fourth-order valence-electron chi connectivity index (χ4n) is 2.88. The van der Waals surface area contributed by atoms with E-state index in [0.717, 1.165) is 17.3 Å². The van der Waals surface area contributed by atoms with Crippen LogP contribution in [0.15, 0.2) is 65.9 Å². The number of benzene rings is 2. The zero-order chi connectivity index (χ0) is 19.9. The minimum atomic E-state index is -0.571. The third-order valence-corrected chi connectivity index (χ3v) is 4.42. The van der Waals surface area contributed by atoms with E-state index in [1.807, 2.05) is 37.4 Å². The highest BCUT2D eigenvalue weighted by Gasteiger charge is 2.10. The lowest BCUT2D eigenvalue weighted by Crippen LogP contribution is -2.39. The van der Waals surface area contributed by atoms with E-state index in [-0.39, 0.29) is 6.04 Å². The lowest BCUT2D eigenvalue weighted by molar-refractivity contribution is 0.570. The van der Waals surface area contributed by atoms with Crippen LogP contribution in [0, 0.1) is 11.6 Å². The molecule has 1 heterocycles. The number of halogens is 2. The second-order valence-corrected chi connectivity index (χ2v) is 6.40. The summed E-state index contributed by atoms with van der Waals surface area (Å²) < 4.78 is 28.5. The maximum Gasteiger partial charge on any atom is 0.191 e. The summed E-state index contributed by atoms with van der Waals surface area (Å²) in [6, 6.07) is 13.6. The Morgan fingerprint density at radius 1 is 1.18 bits per heavy atom. The van der Waals surface area contributed by atoms with Crippen molar-refractivity contribution in [1.29, 1.82) is 0 Å². The van der Waals surface area contributed by atoms with Crippen molar-refractivity contribution >= 4 is 5.96 Å². The maximum atomic E-state index is 13.7. The van der Waals surface area contributed by atoms with Gasteiger partial charge in [-0.3, -0.25) is 4.99 Å². The molecular formula is C21H23F2N5. The molecule has 0 aliphatic carbocycles. The molecule has 146 valence electrons. The van der Waals surface area contributed by atoms with E-state index in [4.69, 9.17) is 0 Å². The van der Waals surface area contributed by atoms with Gasteiger partial charge in [0.05, 0.1) is 11.7 Å². The molecule has 0 saturated carbocycles. The molecule has 28 heavy (non-hydrogen) atoms. The molecule has 2 aromatic carbocycles. The summed E-state index contributed by atoms with van der Waals surface area (Å²) >= 11 is 0. The smallest absolute Gasteiger partial charge is 0.191 e. The highest BCUT2D eigenvalue weighted by molar-refractivity contribution is 5.80. The molecule has 3 rings (SSSR count). The van der Waals surface area contributed by atoms with Crippen molar-refractivity contribution in [2.24, 2.45) is 4.99 Å². The fraction of sp³-hybridized carbons (Fsp3) is 0.238. The minimum absolute atomic E-state index is 0.00395. The molecule has 5 nitrogen and oxygen atoms in total. The molecule has 0 spiro atoms. The number of aliphatic imine (C=N–C) groups is 1. The lowest BCUT2D eigenvalue weighted by atomic mass is 10.1. The van der Waals surface area contributed by atoms with Gasteiger partial charge in [0.2, 0.25) is 0 Å². The number of rotatable bonds is 6. The van der Waals surface area contributed by atoms with Crippen LogP contribution < -0.4 is 10.6 Å². The molecule has 2 N–H and O–H groups in total. The Kier molecular flexibility index (Phi) is 6.37. The third-order valence-electron chi connectivity index (χ3n) is 4.42. The predicted molar refractivity (Wildman–Crippen MR) is 107 cm³/mol. The van der Waals surface area contributed by atoms with Gasteiger partial charge in [-0.2, -0.15) is 5.10 Å². The van der Waals surface area contributed by atoms with Gasteiger partial charge in [0, 0.05) is 32.1 Å². The van der Waals surface area contributed by atoms with Crippen molar-refractivity contribution in [2.45, 2.75) is 19.4 Å². The first-order chi connectivity index (χ1) is 13.6. The summed E-state index contributed by atoms with van der Waals surface area (Å²) in [6.07, 6.45) is 4.06. The predicted octanol–water partition coefficient (Wildman–Crippen LogP) is 3.62. The molecule has 0 saturated heterocycles. The molecule has 0 aliphatic heterocycles. The van der Waals surface area contributed by atoms with Gasteiger partial charge in [0.15, 0.2) is 5.96 Å². The van der Waals surface area contributed by atoms with Gasteiger partial charge in [0.1, 0.15) is 11.6 Å². The van der Waals surface area contributed by atoms with Gasteiger partial charge in [-0.1, -0.05) is 18.2 Å². The zero-order valence-electron chi connectivity index (χ0n) is 15.9. The summed E-state index contributed by atoms with van der Waals surface area (Å²) in [5.74, 6) is -0.495. The standard InChI is InChI=1S/C21H23F2N5/c1-15(17-5-3-6-19(13-17)28-12-4-10-26-28)27-21(24-2)25-11-9-16-7-8-18(22)14-20(16)23/h3-8,10,12-15H,9,11H2,1-2H3,(H2,24,25,27). The molecule has 1 atom stereocenters. The Bertz CT molecular complexity index is 938. The average molecular weight is 383 g/mol. The second kappa shape index (κ2) is 9.12. The first-order valence-corrected chi connectivity index (χ1v) is 9.08. The molecular weight excluding hydrogens is 360 g/mol.